The number of ether oxygens (including phenoxy) is 2. The van der Waals surface area contributed by atoms with Crippen molar-refractivity contribution in [2.75, 3.05) is 13.2 Å². The maximum Gasteiger partial charge on any atom is 0.306 e. The predicted molar refractivity (Wildman–Crippen MR) is 219 cm³/mol. The molecule has 0 spiro atoms. The maximum absolute atomic E-state index is 12.2. The van der Waals surface area contributed by atoms with Crippen LogP contribution in [-0.4, -0.2) is 36.4 Å². The van der Waals surface area contributed by atoms with Gasteiger partial charge in [0.15, 0.2) is 6.10 Å². The van der Waals surface area contributed by atoms with E-state index in [-0.39, 0.29) is 25.2 Å². The van der Waals surface area contributed by atoms with Crippen molar-refractivity contribution in [1.29, 1.82) is 0 Å². The average Bonchev–Trinajstić information content (AvgIpc) is 3.13. The van der Waals surface area contributed by atoms with Crippen molar-refractivity contribution in [1.82, 2.24) is 0 Å². The SMILES string of the molecule is CCCCCCCC/C=C\CCCCCCCC(=O)OC(CO)COC(=O)CCCCCCCCCCCCCCCCCCCCCCCC. The van der Waals surface area contributed by atoms with Gasteiger partial charge in [0.1, 0.15) is 6.61 Å². The second kappa shape index (κ2) is 43.0. The fourth-order valence-corrected chi connectivity index (χ4v) is 6.85. The third-order valence-corrected chi connectivity index (χ3v) is 10.3. The summed E-state index contributed by atoms with van der Waals surface area (Å²) in [5.41, 5.74) is 0. The van der Waals surface area contributed by atoms with Gasteiger partial charge in [0.2, 0.25) is 0 Å². The van der Waals surface area contributed by atoms with Crippen molar-refractivity contribution in [3.05, 3.63) is 12.2 Å². The summed E-state index contributed by atoms with van der Waals surface area (Å²) >= 11 is 0. The molecule has 0 heterocycles. The standard InChI is InChI=1S/C46H88O5/c1-3-5-7-9-11-13-15-17-19-20-21-22-23-24-25-27-28-30-32-34-36-38-40-45(48)50-43-44(42-47)51-46(49)41-39-37-35-33-31-29-26-18-16-14-12-10-8-6-4-2/h18,26,44,47H,3-17,19-25,27-43H2,1-2H3/b26-18-. The largest absolute Gasteiger partial charge is 0.462 e. The number of allylic oxidation sites excluding steroid dienone is 2. The van der Waals surface area contributed by atoms with Crippen LogP contribution in [0.2, 0.25) is 0 Å². The normalized spacial score (nSPS) is 12.1. The molecular formula is C46H88O5. The molecule has 0 amide bonds. The molecule has 0 bridgehead atoms. The summed E-state index contributed by atoms with van der Waals surface area (Å²) in [4.78, 5) is 24.3. The second-order valence-corrected chi connectivity index (χ2v) is 15.5. The van der Waals surface area contributed by atoms with Gasteiger partial charge < -0.3 is 14.6 Å². The molecule has 0 saturated carbocycles. The van der Waals surface area contributed by atoms with E-state index in [1.165, 1.54) is 186 Å². The molecule has 0 aliphatic rings. The van der Waals surface area contributed by atoms with Crippen molar-refractivity contribution >= 4 is 11.9 Å². The lowest BCUT2D eigenvalue weighted by molar-refractivity contribution is -0.161. The van der Waals surface area contributed by atoms with Gasteiger partial charge in [-0.3, -0.25) is 9.59 Å². The summed E-state index contributed by atoms with van der Waals surface area (Å²) in [6, 6.07) is 0. The van der Waals surface area contributed by atoms with E-state index < -0.39 is 6.10 Å². The molecule has 0 aromatic rings. The molecule has 0 aliphatic heterocycles. The summed E-state index contributed by atoms with van der Waals surface area (Å²) in [6.45, 7) is 4.16. The average molecular weight is 721 g/mol. The Balaban J connectivity index is 3.46. The van der Waals surface area contributed by atoms with Crippen LogP contribution in [0.1, 0.15) is 251 Å². The zero-order valence-corrected chi connectivity index (χ0v) is 34.4. The number of carbonyl (C=O) groups is 2. The number of unbranched alkanes of at least 4 members (excludes halogenated alkanes) is 32. The van der Waals surface area contributed by atoms with Gasteiger partial charge >= 0.3 is 11.9 Å². The van der Waals surface area contributed by atoms with Gasteiger partial charge in [-0.15, -0.1) is 0 Å². The maximum atomic E-state index is 12.2. The Kier molecular flexibility index (Phi) is 41.9. The fraction of sp³-hybridized carbons (Fsp3) is 0.913. The molecule has 302 valence electrons. The number of hydrogen-bond acceptors (Lipinski definition) is 5. The molecule has 5 nitrogen and oxygen atoms in total. The molecule has 0 aromatic carbocycles. The van der Waals surface area contributed by atoms with E-state index in [1.54, 1.807) is 0 Å². The monoisotopic (exact) mass is 721 g/mol. The van der Waals surface area contributed by atoms with Gasteiger partial charge in [-0.05, 0) is 38.5 Å². The van der Waals surface area contributed by atoms with E-state index >= 15 is 0 Å². The van der Waals surface area contributed by atoms with Gasteiger partial charge in [-0.1, -0.05) is 212 Å². The zero-order chi connectivity index (χ0) is 37.1. The molecule has 0 saturated heterocycles. The van der Waals surface area contributed by atoms with Crippen LogP contribution < -0.4 is 0 Å². The van der Waals surface area contributed by atoms with Crippen molar-refractivity contribution in [3.63, 3.8) is 0 Å². The first-order chi connectivity index (χ1) is 25.1. The Morgan fingerprint density at radius 1 is 0.431 bits per heavy atom. The van der Waals surface area contributed by atoms with Crippen LogP contribution in [0, 0.1) is 0 Å². The number of carbonyl (C=O) groups excluding carboxylic acids is 2. The third-order valence-electron chi connectivity index (χ3n) is 10.3. The number of rotatable bonds is 42. The van der Waals surface area contributed by atoms with Gasteiger partial charge in [0, 0.05) is 12.8 Å². The molecule has 1 N–H and O–H groups in total. The van der Waals surface area contributed by atoms with Gasteiger partial charge in [0.25, 0.3) is 0 Å². The fourth-order valence-electron chi connectivity index (χ4n) is 6.85. The van der Waals surface area contributed by atoms with Crippen molar-refractivity contribution in [2.24, 2.45) is 0 Å². The minimum absolute atomic E-state index is 0.0627. The Morgan fingerprint density at radius 3 is 1.06 bits per heavy atom. The molecule has 0 radical (unpaired) electrons. The number of hydrogen-bond donors (Lipinski definition) is 1. The topological polar surface area (TPSA) is 72.8 Å². The van der Waals surface area contributed by atoms with Crippen LogP contribution >= 0.6 is 0 Å². The highest BCUT2D eigenvalue weighted by molar-refractivity contribution is 5.70. The molecule has 1 unspecified atom stereocenters. The molecule has 5 heteroatoms. The van der Waals surface area contributed by atoms with Crippen LogP contribution in [0.4, 0.5) is 0 Å². The summed E-state index contributed by atoms with van der Waals surface area (Å²) < 4.78 is 10.6. The van der Waals surface area contributed by atoms with Crippen LogP contribution in [0.15, 0.2) is 12.2 Å². The molecular weight excluding hydrogens is 633 g/mol. The minimum Gasteiger partial charge on any atom is -0.462 e. The third kappa shape index (κ3) is 41.3. The van der Waals surface area contributed by atoms with E-state index in [1.807, 2.05) is 0 Å². The van der Waals surface area contributed by atoms with Crippen LogP contribution in [0.25, 0.3) is 0 Å². The Hall–Kier alpha value is -1.36. The lowest BCUT2D eigenvalue weighted by Crippen LogP contribution is -2.28. The first kappa shape index (κ1) is 49.6. The summed E-state index contributed by atoms with van der Waals surface area (Å²) in [5.74, 6) is -0.586. The second-order valence-electron chi connectivity index (χ2n) is 15.5. The molecule has 0 fully saturated rings. The van der Waals surface area contributed by atoms with E-state index in [4.69, 9.17) is 9.47 Å². The highest BCUT2D eigenvalue weighted by Crippen LogP contribution is 2.16. The number of esters is 2. The Bertz CT molecular complexity index is 735. The number of aliphatic hydroxyl groups is 1. The van der Waals surface area contributed by atoms with Crippen molar-refractivity contribution in [2.45, 2.75) is 258 Å². The van der Waals surface area contributed by atoms with E-state index in [2.05, 4.69) is 26.0 Å². The van der Waals surface area contributed by atoms with E-state index in [0.29, 0.717) is 12.8 Å². The van der Waals surface area contributed by atoms with Gasteiger partial charge in [0.05, 0.1) is 6.61 Å². The molecule has 0 aromatic heterocycles. The van der Waals surface area contributed by atoms with Gasteiger partial charge in [-0.25, -0.2) is 0 Å². The molecule has 0 rings (SSSR count). The molecule has 51 heavy (non-hydrogen) atoms. The molecule has 1 atom stereocenters. The van der Waals surface area contributed by atoms with E-state index in [9.17, 15) is 14.7 Å². The Labute approximate surface area is 318 Å². The highest BCUT2D eigenvalue weighted by atomic mass is 16.6. The first-order valence-corrected chi connectivity index (χ1v) is 22.7. The lowest BCUT2D eigenvalue weighted by atomic mass is 10.0. The van der Waals surface area contributed by atoms with Crippen LogP contribution in [0.5, 0.6) is 0 Å². The number of aliphatic hydroxyl groups excluding tert-OH is 1. The van der Waals surface area contributed by atoms with Gasteiger partial charge in [-0.2, -0.15) is 0 Å². The summed E-state index contributed by atoms with van der Waals surface area (Å²) in [5, 5.41) is 9.58. The molecule has 0 aliphatic carbocycles. The zero-order valence-electron chi connectivity index (χ0n) is 34.4. The van der Waals surface area contributed by atoms with E-state index in [0.717, 1.165) is 38.5 Å². The summed E-state index contributed by atoms with van der Waals surface area (Å²) in [6.07, 6.45) is 50.1. The lowest BCUT2D eigenvalue weighted by Gasteiger charge is -2.15. The summed E-state index contributed by atoms with van der Waals surface area (Å²) in [7, 11) is 0. The smallest absolute Gasteiger partial charge is 0.306 e. The van der Waals surface area contributed by atoms with Crippen LogP contribution in [-0.2, 0) is 19.1 Å². The van der Waals surface area contributed by atoms with Crippen LogP contribution in [0.3, 0.4) is 0 Å². The Morgan fingerprint density at radius 2 is 0.725 bits per heavy atom. The predicted octanol–water partition coefficient (Wildman–Crippen LogP) is 14.5. The quantitative estimate of drug-likeness (QED) is 0.0386. The first-order valence-electron chi connectivity index (χ1n) is 22.7. The van der Waals surface area contributed by atoms with Crippen molar-refractivity contribution in [3.8, 4) is 0 Å². The minimum atomic E-state index is -0.769. The van der Waals surface area contributed by atoms with Crippen molar-refractivity contribution < 1.29 is 24.2 Å². The highest BCUT2D eigenvalue weighted by Gasteiger charge is 2.16.